The summed E-state index contributed by atoms with van der Waals surface area (Å²) in [4.78, 5) is 8.84. The van der Waals surface area contributed by atoms with Crippen LogP contribution in [0, 0.1) is 11.7 Å². The average Bonchev–Trinajstić information content (AvgIpc) is 3.32. The van der Waals surface area contributed by atoms with Crippen LogP contribution in [0.25, 0.3) is 22.0 Å². The summed E-state index contributed by atoms with van der Waals surface area (Å²) in [6.45, 7) is 0. The lowest BCUT2D eigenvalue weighted by Gasteiger charge is -2.12. The van der Waals surface area contributed by atoms with Gasteiger partial charge in [-0.1, -0.05) is 6.07 Å². The maximum absolute atomic E-state index is 14.5. The molecule has 1 saturated carbocycles. The van der Waals surface area contributed by atoms with Crippen LogP contribution in [0.2, 0.25) is 0 Å². The second-order valence-corrected chi connectivity index (χ2v) is 5.88. The van der Waals surface area contributed by atoms with E-state index < -0.39 is 0 Å². The lowest BCUT2D eigenvalue weighted by molar-refractivity contribution is 0.632. The molecule has 0 unspecified atom stereocenters. The summed E-state index contributed by atoms with van der Waals surface area (Å²) >= 11 is 0. The molecule has 3 nitrogen and oxygen atoms in total. The van der Waals surface area contributed by atoms with Gasteiger partial charge in [0.2, 0.25) is 0 Å². The lowest BCUT2D eigenvalue weighted by atomic mass is 9.97. The van der Waals surface area contributed by atoms with Crippen molar-refractivity contribution in [1.82, 2.24) is 9.97 Å². The van der Waals surface area contributed by atoms with Gasteiger partial charge >= 0.3 is 0 Å². The van der Waals surface area contributed by atoms with Gasteiger partial charge in [-0.3, -0.25) is 4.98 Å². The fourth-order valence-electron chi connectivity index (χ4n) is 2.87. The van der Waals surface area contributed by atoms with Crippen LogP contribution in [-0.4, -0.2) is 9.97 Å². The van der Waals surface area contributed by atoms with Gasteiger partial charge in [0.15, 0.2) is 0 Å². The van der Waals surface area contributed by atoms with Gasteiger partial charge < -0.3 is 5.73 Å². The summed E-state index contributed by atoms with van der Waals surface area (Å²) in [5.41, 5.74) is 8.72. The topological polar surface area (TPSA) is 51.8 Å². The van der Waals surface area contributed by atoms with Gasteiger partial charge in [0.05, 0.1) is 11.2 Å². The molecular formula is C18H16FN3. The predicted octanol–water partition coefficient (Wildman–Crippen LogP) is 3.97. The van der Waals surface area contributed by atoms with Crippen molar-refractivity contribution < 1.29 is 4.39 Å². The molecule has 4 rings (SSSR count). The molecule has 22 heavy (non-hydrogen) atoms. The molecule has 0 bridgehead atoms. The van der Waals surface area contributed by atoms with E-state index in [9.17, 15) is 4.39 Å². The third-order valence-corrected chi connectivity index (χ3v) is 4.17. The van der Waals surface area contributed by atoms with Gasteiger partial charge in [0, 0.05) is 22.7 Å². The van der Waals surface area contributed by atoms with Gasteiger partial charge in [0.1, 0.15) is 11.6 Å². The minimum absolute atomic E-state index is 0.269. The largest absolute Gasteiger partial charge is 0.384 e. The zero-order valence-electron chi connectivity index (χ0n) is 12.1. The molecule has 0 saturated heterocycles. The fourth-order valence-corrected chi connectivity index (χ4v) is 2.87. The summed E-state index contributed by atoms with van der Waals surface area (Å²) in [7, 11) is 0. The molecule has 0 spiro atoms. The Kier molecular flexibility index (Phi) is 3.03. The van der Waals surface area contributed by atoms with E-state index in [1.54, 1.807) is 18.3 Å². The van der Waals surface area contributed by atoms with Crippen LogP contribution in [0.4, 0.5) is 10.2 Å². The third-order valence-electron chi connectivity index (χ3n) is 4.17. The van der Waals surface area contributed by atoms with E-state index in [1.165, 1.54) is 18.9 Å². The van der Waals surface area contributed by atoms with E-state index in [0.717, 1.165) is 23.1 Å². The van der Waals surface area contributed by atoms with Crippen molar-refractivity contribution in [3.05, 3.63) is 54.1 Å². The number of nitrogens with zero attached hydrogens (tertiary/aromatic N) is 2. The number of nitrogens with two attached hydrogens (primary N) is 1. The van der Waals surface area contributed by atoms with Crippen LogP contribution in [0.1, 0.15) is 18.5 Å². The number of benzene rings is 1. The summed E-state index contributed by atoms with van der Waals surface area (Å²) in [5, 5.41) is 0.924. The van der Waals surface area contributed by atoms with E-state index in [4.69, 9.17) is 5.73 Å². The molecule has 2 aromatic heterocycles. The Morgan fingerprint density at radius 1 is 1.14 bits per heavy atom. The zero-order valence-corrected chi connectivity index (χ0v) is 12.1. The Labute approximate surface area is 128 Å². The number of aromatic nitrogens is 2. The number of rotatable bonds is 3. The van der Waals surface area contributed by atoms with Crippen molar-refractivity contribution in [3.8, 4) is 11.1 Å². The Balaban J connectivity index is 1.96. The molecule has 0 atom stereocenters. The van der Waals surface area contributed by atoms with Crippen LogP contribution in [0.5, 0.6) is 0 Å². The van der Waals surface area contributed by atoms with Crippen molar-refractivity contribution >= 4 is 16.7 Å². The first-order valence-electron chi connectivity index (χ1n) is 7.51. The van der Waals surface area contributed by atoms with Gasteiger partial charge in [-0.05, 0) is 55.5 Å². The number of pyridine rings is 2. The molecule has 2 heterocycles. The fraction of sp³-hybridized carbons (Fsp3) is 0.222. The van der Waals surface area contributed by atoms with Gasteiger partial charge in [-0.15, -0.1) is 0 Å². The summed E-state index contributed by atoms with van der Waals surface area (Å²) in [6, 6.07) is 10.6. The van der Waals surface area contributed by atoms with E-state index in [2.05, 4.69) is 9.97 Å². The van der Waals surface area contributed by atoms with Gasteiger partial charge in [-0.2, -0.15) is 0 Å². The van der Waals surface area contributed by atoms with Crippen LogP contribution < -0.4 is 5.73 Å². The van der Waals surface area contributed by atoms with Crippen molar-refractivity contribution in [3.63, 3.8) is 0 Å². The number of hydrogen-bond donors (Lipinski definition) is 1. The molecule has 0 aliphatic heterocycles. The minimum Gasteiger partial charge on any atom is -0.384 e. The molecule has 4 heteroatoms. The van der Waals surface area contributed by atoms with Gasteiger partial charge in [0.25, 0.3) is 0 Å². The van der Waals surface area contributed by atoms with Gasteiger partial charge in [-0.25, -0.2) is 9.37 Å². The Hall–Kier alpha value is -2.49. The minimum atomic E-state index is -0.269. The van der Waals surface area contributed by atoms with Crippen LogP contribution in [-0.2, 0) is 6.42 Å². The maximum Gasteiger partial charge on any atom is 0.133 e. The Morgan fingerprint density at radius 2 is 2.00 bits per heavy atom. The van der Waals surface area contributed by atoms with E-state index in [1.807, 2.05) is 18.2 Å². The normalized spacial score (nSPS) is 14.4. The monoisotopic (exact) mass is 293 g/mol. The highest BCUT2D eigenvalue weighted by Crippen LogP contribution is 2.37. The molecule has 0 amide bonds. The second kappa shape index (κ2) is 5.05. The number of hydrogen-bond acceptors (Lipinski definition) is 3. The molecule has 1 fully saturated rings. The summed E-state index contributed by atoms with van der Waals surface area (Å²) in [5.74, 6) is 0.863. The lowest BCUT2D eigenvalue weighted by Crippen LogP contribution is -2.02. The predicted molar refractivity (Wildman–Crippen MR) is 85.8 cm³/mol. The first-order valence-corrected chi connectivity index (χ1v) is 7.51. The first kappa shape index (κ1) is 13.2. The molecule has 1 aromatic carbocycles. The maximum atomic E-state index is 14.5. The number of halogens is 1. The SMILES string of the molecule is Nc1ccc(-c2c(F)ccc3cccnc23)c(CC2CC2)n1. The molecular weight excluding hydrogens is 277 g/mol. The van der Waals surface area contributed by atoms with Crippen molar-refractivity contribution in [2.75, 3.05) is 5.73 Å². The summed E-state index contributed by atoms with van der Waals surface area (Å²) in [6.07, 6.45) is 4.97. The molecule has 110 valence electrons. The first-order chi connectivity index (χ1) is 10.7. The van der Waals surface area contributed by atoms with E-state index in [-0.39, 0.29) is 5.82 Å². The highest BCUT2D eigenvalue weighted by atomic mass is 19.1. The Morgan fingerprint density at radius 3 is 2.82 bits per heavy atom. The quantitative estimate of drug-likeness (QED) is 0.795. The van der Waals surface area contributed by atoms with Crippen molar-refractivity contribution in [2.24, 2.45) is 5.92 Å². The van der Waals surface area contributed by atoms with E-state index in [0.29, 0.717) is 22.8 Å². The van der Waals surface area contributed by atoms with Crippen LogP contribution in [0.3, 0.4) is 0 Å². The standard InChI is InChI=1S/C18H16FN3/c19-14-7-5-12-2-1-9-21-18(12)17(14)13-6-8-16(20)22-15(13)10-11-3-4-11/h1-2,5-9,11H,3-4,10H2,(H2,20,22). The van der Waals surface area contributed by atoms with Crippen LogP contribution >= 0.6 is 0 Å². The molecule has 1 aliphatic carbocycles. The number of fused-ring (bicyclic) bond motifs is 1. The third kappa shape index (κ3) is 2.30. The molecule has 1 aliphatic rings. The zero-order chi connectivity index (χ0) is 15.1. The second-order valence-electron chi connectivity index (χ2n) is 5.88. The molecule has 3 aromatic rings. The summed E-state index contributed by atoms with van der Waals surface area (Å²) < 4.78 is 14.5. The van der Waals surface area contributed by atoms with Crippen molar-refractivity contribution in [2.45, 2.75) is 19.3 Å². The Bertz CT molecular complexity index is 856. The molecule has 2 N–H and O–H groups in total. The smallest absolute Gasteiger partial charge is 0.133 e. The molecule has 0 radical (unpaired) electrons. The highest BCUT2D eigenvalue weighted by molar-refractivity contribution is 5.94. The van der Waals surface area contributed by atoms with Crippen molar-refractivity contribution in [1.29, 1.82) is 0 Å². The number of anilines is 1. The highest BCUT2D eigenvalue weighted by Gasteiger charge is 2.25. The average molecular weight is 293 g/mol. The van der Waals surface area contributed by atoms with E-state index >= 15 is 0 Å². The number of nitrogen functional groups attached to an aromatic ring is 1. The van der Waals surface area contributed by atoms with Crippen LogP contribution in [0.15, 0.2) is 42.6 Å².